The Hall–Kier alpha value is -3.34. The fourth-order valence-corrected chi connectivity index (χ4v) is 6.73. The van der Waals surface area contributed by atoms with Gasteiger partial charge >= 0.3 is 0 Å². The lowest BCUT2D eigenvalue weighted by Crippen LogP contribution is -2.21. The van der Waals surface area contributed by atoms with Crippen LogP contribution < -0.4 is 10.1 Å². The Morgan fingerprint density at radius 3 is 2.61 bits per heavy atom. The first-order valence-electron chi connectivity index (χ1n) is 15.0. The molecular formula is C36H40ClN3O. The van der Waals surface area contributed by atoms with E-state index in [0.29, 0.717) is 10.9 Å². The van der Waals surface area contributed by atoms with Crippen LogP contribution in [0.4, 0.5) is 11.4 Å². The highest BCUT2D eigenvalue weighted by atomic mass is 35.5. The fraction of sp³-hybridized carbons (Fsp3) is 0.361. The molecule has 0 unspecified atom stereocenters. The number of pyridine rings is 1. The smallest absolute Gasteiger partial charge is 0.123 e. The maximum absolute atomic E-state index is 6.61. The van der Waals surface area contributed by atoms with Gasteiger partial charge in [-0.3, -0.25) is 4.98 Å². The van der Waals surface area contributed by atoms with Crippen LogP contribution in [-0.4, -0.2) is 36.6 Å². The Balaban J connectivity index is 1.41. The lowest BCUT2D eigenvalue weighted by Gasteiger charge is -2.21. The van der Waals surface area contributed by atoms with Crippen molar-refractivity contribution in [3.05, 3.63) is 89.1 Å². The number of ether oxygens (including phenoxy) is 1. The molecule has 41 heavy (non-hydrogen) atoms. The molecule has 2 aliphatic rings. The highest BCUT2D eigenvalue weighted by Gasteiger charge is 2.23. The number of likely N-dealkylation sites (tertiary alicyclic amines) is 1. The van der Waals surface area contributed by atoms with Gasteiger partial charge in [-0.1, -0.05) is 49.2 Å². The van der Waals surface area contributed by atoms with Crippen LogP contribution in [-0.2, 0) is 6.42 Å². The van der Waals surface area contributed by atoms with Gasteiger partial charge in [0.05, 0.1) is 18.3 Å². The topological polar surface area (TPSA) is 37.4 Å². The zero-order chi connectivity index (χ0) is 28.3. The molecule has 2 fully saturated rings. The summed E-state index contributed by atoms with van der Waals surface area (Å²) in [5, 5.41) is 5.62. The molecular weight excluding hydrogens is 526 g/mol. The first kappa shape index (κ1) is 27.8. The first-order valence-corrected chi connectivity index (χ1v) is 15.4. The Labute approximate surface area is 249 Å². The second-order valence-corrected chi connectivity index (χ2v) is 12.1. The van der Waals surface area contributed by atoms with E-state index < -0.39 is 0 Å². The highest BCUT2D eigenvalue weighted by molar-refractivity contribution is 6.31. The minimum atomic E-state index is 0.505. The largest absolute Gasteiger partial charge is 0.496 e. The number of allylic oxidation sites excluding steroid dienone is 1. The molecule has 212 valence electrons. The SMILES string of the molecule is C=C(c1cnc2ccc(-c3cc(Cl)c(C)c(OC)c3)cc2c1Nc1cccc(CCN2CCCC2)c1)C1CCCC1. The van der Waals surface area contributed by atoms with E-state index >= 15 is 0 Å². The minimum absolute atomic E-state index is 0.505. The number of hydrogen-bond donors (Lipinski definition) is 1. The maximum atomic E-state index is 6.61. The summed E-state index contributed by atoms with van der Waals surface area (Å²) >= 11 is 6.61. The molecule has 1 N–H and O–H groups in total. The van der Waals surface area contributed by atoms with Crippen molar-refractivity contribution >= 4 is 39.5 Å². The maximum Gasteiger partial charge on any atom is 0.123 e. The lowest BCUT2D eigenvalue weighted by atomic mass is 9.90. The molecule has 6 rings (SSSR count). The van der Waals surface area contributed by atoms with Crippen molar-refractivity contribution in [1.29, 1.82) is 0 Å². The summed E-state index contributed by atoms with van der Waals surface area (Å²) in [6, 6.07) is 19.4. The highest BCUT2D eigenvalue weighted by Crippen LogP contribution is 2.42. The van der Waals surface area contributed by atoms with Crippen molar-refractivity contribution in [3.8, 4) is 16.9 Å². The van der Waals surface area contributed by atoms with Gasteiger partial charge in [0.1, 0.15) is 5.75 Å². The second-order valence-electron chi connectivity index (χ2n) is 11.7. The molecule has 0 radical (unpaired) electrons. The van der Waals surface area contributed by atoms with Gasteiger partial charge in [0.15, 0.2) is 0 Å². The first-order chi connectivity index (χ1) is 20.0. The van der Waals surface area contributed by atoms with Crippen molar-refractivity contribution < 1.29 is 4.74 Å². The third-order valence-electron chi connectivity index (χ3n) is 9.02. The van der Waals surface area contributed by atoms with Gasteiger partial charge in [-0.15, -0.1) is 0 Å². The van der Waals surface area contributed by atoms with Crippen LogP contribution >= 0.6 is 11.6 Å². The molecule has 0 atom stereocenters. The molecule has 2 heterocycles. The van der Waals surface area contributed by atoms with Crippen LogP contribution in [0, 0.1) is 12.8 Å². The summed E-state index contributed by atoms with van der Waals surface area (Å²) in [4.78, 5) is 7.49. The Morgan fingerprint density at radius 1 is 1.02 bits per heavy atom. The Kier molecular flexibility index (Phi) is 8.32. The zero-order valence-corrected chi connectivity index (χ0v) is 25.1. The van der Waals surface area contributed by atoms with E-state index in [-0.39, 0.29) is 0 Å². The molecule has 1 aromatic heterocycles. The number of nitrogens with one attached hydrogen (secondary N) is 1. The molecule has 0 bridgehead atoms. The molecule has 1 aliphatic heterocycles. The number of nitrogens with zero attached hydrogens (tertiary/aromatic N) is 2. The summed E-state index contributed by atoms with van der Waals surface area (Å²) in [6.45, 7) is 10.2. The number of benzene rings is 3. The molecule has 5 heteroatoms. The van der Waals surface area contributed by atoms with Gasteiger partial charge < -0.3 is 15.0 Å². The van der Waals surface area contributed by atoms with Crippen LogP contribution in [0.3, 0.4) is 0 Å². The van der Waals surface area contributed by atoms with E-state index in [9.17, 15) is 0 Å². The van der Waals surface area contributed by atoms with Gasteiger partial charge in [-0.05, 0) is 117 Å². The number of aromatic nitrogens is 1. The predicted octanol–water partition coefficient (Wildman–Crippen LogP) is 9.46. The van der Waals surface area contributed by atoms with E-state index in [1.807, 2.05) is 19.2 Å². The van der Waals surface area contributed by atoms with Gasteiger partial charge in [0, 0.05) is 40.0 Å². The summed E-state index contributed by atoms with van der Waals surface area (Å²) < 4.78 is 5.63. The number of hydrogen-bond acceptors (Lipinski definition) is 4. The normalized spacial score (nSPS) is 16.0. The van der Waals surface area contributed by atoms with Crippen molar-refractivity contribution in [2.24, 2.45) is 5.92 Å². The average molecular weight is 566 g/mol. The standard InChI is InChI=1S/C36H40ClN3O/c1-24(27-10-4-5-11-27)32-23-38-34-14-13-28(29-21-33(37)25(2)35(22-29)41-3)20-31(34)36(32)39-30-12-8-9-26(19-30)15-18-40-16-6-7-17-40/h8-9,12-14,19-23,27H,1,4-7,10-11,15-18H2,2-3H3,(H,38,39). The summed E-state index contributed by atoms with van der Waals surface area (Å²) in [5.41, 5.74) is 9.84. The lowest BCUT2D eigenvalue weighted by molar-refractivity contribution is 0.343. The van der Waals surface area contributed by atoms with Crippen LogP contribution in [0.25, 0.3) is 27.6 Å². The van der Waals surface area contributed by atoms with Crippen molar-refractivity contribution in [2.45, 2.75) is 51.9 Å². The Bertz CT molecular complexity index is 1570. The monoisotopic (exact) mass is 565 g/mol. The molecule has 3 aromatic carbocycles. The third-order valence-corrected chi connectivity index (χ3v) is 9.42. The fourth-order valence-electron chi connectivity index (χ4n) is 6.52. The molecule has 4 aromatic rings. The number of fused-ring (bicyclic) bond motifs is 1. The molecule has 0 amide bonds. The van der Waals surface area contributed by atoms with Gasteiger partial charge in [-0.25, -0.2) is 0 Å². The number of anilines is 2. The predicted molar refractivity (Wildman–Crippen MR) is 174 cm³/mol. The van der Waals surface area contributed by atoms with Gasteiger partial charge in [0.2, 0.25) is 0 Å². The van der Waals surface area contributed by atoms with E-state index in [2.05, 4.69) is 65.3 Å². The summed E-state index contributed by atoms with van der Waals surface area (Å²) in [6.07, 6.45) is 10.7. The van der Waals surface area contributed by atoms with E-state index in [1.165, 1.54) is 62.8 Å². The van der Waals surface area contributed by atoms with Crippen molar-refractivity contribution in [2.75, 3.05) is 32.1 Å². The molecule has 0 spiro atoms. The number of methoxy groups -OCH3 is 1. The van der Waals surface area contributed by atoms with Crippen LogP contribution in [0.15, 0.2) is 67.4 Å². The zero-order valence-electron chi connectivity index (χ0n) is 24.3. The molecule has 1 saturated heterocycles. The van der Waals surface area contributed by atoms with Crippen LogP contribution in [0.5, 0.6) is 5.75 Å². The Morgan fingerprint density at radius 2 is 1.83 bits per heavy atom. The van der Waals surface area contributed by atoms with Gasteiger partial charge in [0.25, 0.3) is 0 Å². The number of halogens is 1. The summed E-state index contributed by atoms with van der Waals surface area (Å²) in [5.74, 6) is 1.29. The van der Waals surface area contributed by atoms with E-state index in [0.717, 1.165) is 63.2 Å². The van der Waals surface area contributed by atoms with E-state index in [4.69, 9.17) is 21.3 Å². The summed E-state index contributed by atoms with van der Waals surface area (Å²) in [7, 11) is 1.69. The third kappa shape index (κ3) is 6.00. The van der Waals surface area contributed by atoms with Crippen molar-refractivity contribution in [1.82, 2.24) is 9.88 Å². The van der Waals surface area contributed by atoms with E-state index in [1.54, 1.807) is 7.11 Å². The van der Waals surface area contributed by atoms with Crippen LogP contribution in [0.1, 0.15) is 55.2 Å². The van der Waals surface area contributed by atoms with Crippen molar-refractivity contribution in [3.63, 3.8) is 0 Å². The van der Waals surface area contributed by atoms with Gasteiger partial charge in [-0.2, -0.15) is 0 Å². The molecule has 4 nitrogen and oxygen atoms in total. The second kappa shape index (κ2) is 12.3. The quantitative estimate of drug-likeness (QED) is 0.219. The van der Waals surface area contributed by atoms with Crippen LogP contribution in [0.2, 0.25) is 5.02 Å². The minimum Gasteiger partial charge on any atom is -0.496 e. The number of rotatable bonds is 9. The average Bonchev–Trinajstić information content (AvgIpc) is 3.72. The molecule has 1 aliphatic carbocycles. The molecule has 1 saturated carbocycles.